The minimum absolute atomic E-state index is 0.0295. The highest BCUT2D eigenvalue weighted by Crippen LogP contribution is 2.29. The van der Waals surface area contributed by atoms with E-state index in [4.69, 9.17) is 13.9 Å². The number of carbonyl (C=O) groups is 2. The Kier molecular flexibility index (Phi) is 9.65. The number of amides is 2. The molecule has 4 aromatic rings. The van der Waals surface area contributed by atoms with Crippen molar-refractivity contribution in [3.05, 3.63) is 78.0 Å². The summed E-state index contributed by atoms with van der Waals surface area (Å²) in [6, 6.07) is 14.0. The summed E-state index contributed by atoms with van der Waals surface area (Å²) < 4.78 is 30.8. The summed E-state index contributed by atoms with van der Waals surface area (Å²) in [4.78, 5) is 30.4. The summed E-state index contributed by atoms with van der Waals surface area (Å²) in [5.74, 6) is 0.292. The molecule has 11 nitrogen and oxygen atoms in total. The van der Waals surface area contributed by atoms with E-state index in [2.05, 4.69) is 20.7 Å². The van der Waals surface area contributed by atoms with Gasteiger partial charge in [-0.2, -0.15) is 4.80 Å². The lowest BCUT2D eigenvalue weighted by Crippen LogP contribution is -2.48. The van der Waals surface area contributed by atoms with Gasteiger partial charge in [0.1, 0.15) is 18.1 Å². The molecule has 43 heavy (non-hydrogen) atoms. The third kappa shape index (κ3) is 7.19. The van der Waals surface area contributed by atoms with Gasteiger partial charge < -0.3 is 24.1 Å². The van der Waals surface area contributed by atoms with Crippen molar-refractivity contribution >= 4 is 11.8 Å². The molecular weight excluding hydrogens is 555 g/mol. The van der Waals surface area contributed by atoms with Crippen LogP contribution in [0.4, 0.5) is 4.39 Å². The number of carbonyl (C=O) groups excluding carboxylic acids is 2. The van der Waals surface area contributed by atoms with Crippen LogP contribution in [0, 0.1) is 5.82 Å². The maximum atomic E-state index is 14.3. The number of nitrogens with one attached hydrogen (secondary N) is 1. The van der Waals surface area contributed by atoms with E-state index in [-0.39, 0.29) is 36.4 Å². The minimum Gasteiger partial charge on any atom is -0.493 e. The van der Waals surface area contributed by atoms with Crippen LogP contribution in [0.2, 0.25) is 0 Å². The summed E-state index contributed by atoms with van der Waals surface area (Å²) in [6.45, 7) is -0.145. The van der Waals surface area contributed by atoms with Gasteiger partial charge in [-0.15, -0.1) is 10.2 Å². The van der Waals surface area contributed by atoms with Crippen LogP contribution in [0.1, 0.15) is 49.5 Å². The van der Waals surface area contributed by atoms with E-state index in [0.717, 1.165) is 42.5 Å². The van der Waals surface area contributed by atoms with E-state index in [9.17, 15) is 14.0 Å². The second kappa shape index (κ2) is 14.0. The molecule has 12 heteroatoms. The fourth-order valence-electron chi connectivity index (χ4n) is 5.35. The molecule has 1 atom stereocenters. The smallest absolute Gasteiger partial charge is 0.250 e. The van der Waals surface area contributed by atoms with Crippen LogP contribution in [0.25, 0.3) is 11.4 Å². The van der Waals surface area contributed by atoms with Crippen LogP contribution in [-0.4, -0.2) is 63.7 Å². The first-order valence-corrected chi connectivity index (χ1v) is 14.3. The van der Waals surface area contributed by atoms with E-state index < -0.39 is 17.8 Å². The van der Waals surface area contributed by atoms with Crippen LogP contribution < -0.4 is 14.8 Å². The normalized spacial score (nSPS) is 14.2. The molecule has 1 fully saturated rings. The number of rotatable bonds is 12. The molecule has 0 aliphatic heterocycles. The van der Waals surface area contributed by atoms with Crippen molar-refractivity contribution in [2.75, 3.05) is 20.8 Å². The number of nitrogens with zero attached hydrogens (tertiary/aromatic N) is 5. The monoisotopic (exact) mass is 590 g/mol. The van der Waals surface area contributed by atoms with Gasteiger partial charge in [-0.25, -0.2) is 4.39 Å². The molecule has 0 radical (unpaired) electrons. The van der Waals surface area contributed by atoms with Crippen LogP contribution in [0.15, 0.2) is 65.3 Å². The number of halogens is 1. The number of tetrazole rings is 1. The van der Waals surface area contributed by atoms with E-state index in [1.165, 1.54) is 23.3 Å². The van der Waals surface area contributed by atoms with Crippen molar-refractivity contribution < 1.29 is 27.9 Å². The predicted molar refractivity (Wildman–Crippen MR) is 155 cm³/mol. The fourth-order valence-corrected chi connectivity index (χ4v) is 5.35. The SMILES string of the molecule is COc1ccc(CCN(C(=O)Cn2nnc(-c3ccccc3F)n2)C(C(=O)NC2CCCCC2)c2ccco2)cc1OC. The molecule has 1 unspecified atom stereocenters. The first-order valence-electron chi connectivity index (χ1n) is 14.3. The molecular formula is C31H35FN6O5. The number of hydrogen-bond donors (Lipinski definition) is 1. The van der Waals surface area contributed by atoms with Crippen LogP contribution in [0.5, 0.6) is 11.5 Å². The number of hydrogen-bond acceptors (Lipinski definition) is 8. The molecule has 226 valence electrons. The molecule has 0 saturated heterocycles. The van der Waals surface area contributed by atoms with Crippen LogP contribution in [-0.2, 0) is 22.6 Å². The Morgan fingerprint density at radius 3 is 2.58 bits per heavy atom. The van der Waals surface area contributed by atoms with Crippen LogP contribution in [0.3, 0.4) is 0 Å². The minimum atomic E-state index is -1.03. The highest BCUT2D eigenvalue weighted by Gasteiger charge is 2.35. The van der Waals surface area contributed by atoms with Crippen molar-refractivity contribution in [2.24, 2.45) is 0 Å². The van der Waals surface area contributed by atoms with E-state index in [1.54, 1.807) is 44.6 Å². The first-order chi connectivity index (χ1) is 21.0. The largest absolute Gasteiger partial charge is 0.493 e. The van der Waals surface area contributed by atoms with Gasteiger partial charge in [0.05, 0.1) is 26.0 Å². The molecule has 2 heterocycles. The third-order valence-corrected chi connectivity index (χ3v) is 7.58. The third-order valence-electron chi connectivity index (χ3n) is 7.58. The fraction of sp³-hybridized carbons (Fsp3) is 0.387. The number of benzene rings is 2. The standard InChI is InChI=1S/C31H35FN6O5/c1-41-25-15-14-21(19-27(25)42-2)16-17-37(28(39)20-38-35-30(34-36-38)23-11-6-7-12-24(23)32)29(26-13-8-18-43-26)31(40)33-22-9-4-3-5-10-22/h6-8,11-15,18-19,22,29H,3-5,9-10,16-17,20H2,1-2H3,(H,33,40). The average molecular weight is 591 g/mol. The summed E-state index contributed by atoms with van der Waals surface area (Å²) in [5, 5.41) is 15.3. The van der Waals surface area contributed by atoms with Gasteiger partial charge in [-0.3, -0.25) is 9.59 Å². The highest BCUT2D eigenvalue weighted by atomic mass is 19.1. The van der Waals surface area contributed by atoms with E-state index in [1.807, 2.05) is 12.1 Å². The predicted octanol–water partition coefficient (Wildman–Crippen LogP) is 4.35. The topological polar surface area (TPSA) is 125 Å². The van der Waals surface area contributed by atoms with E-state index in [0.29, 0.717) is 23.7 Å². The molecule has 5 rings (SSSR count). The van der Waals surface area contributed by atoms with Gasteiger partial charge >= 0.3 is 0 Å². The van der Waals surface area contributed by atoms with Gasteiger partial charge in [0.25, 0.3) is 5.91 Å². The zero-order valence-electron chi connectivity index (χ0n) is 24.2. The second-order valence-electron chi connectivity index (χ2n) is 10.4. The van der Waals surface area contributed by atoms with Crippen LogP contribution >= 0.6 is 0 Å². The highest BCUT2D eigenvalue weighted by molar-refractivity contribution is 5.88. The molecule has 1 aliphatic carbocycles. The zero-order chi connectivity index (χ0) is 30.2. The van der Waals surface area contributed by atoms with Gasteiger partial charge in [-0.1, -0.05) is 37.5 Å². The number of furan rings is 1. The van der Waals surface area contributed by atoms with Gasteiger partial charge in [0.15, 0.2) is 17.5 Å². The molecule has 0 bridgehead atoms. The van der Waals surface area contributed by atoms with Crippen molar-refractivity contribution in [3.8, 4) is 22.9 Å². The Hall–Kier alpha value is -4.74. The molecule has 0 spiro atoms. The summed E-state index contributed by atoms with van der Waals surface area (Å²) in [5.41, 5.74) is 1.05. The van der Waals surface area contributed by atoms with Crippen molar-refractivity contribution in [1.29, 1.82) is 0 Å². The summed E-state index contributed by atoms with van der Waals surface area (Å²) >= 11 is 0. The summed E-state index contributed by atoms with van der Waals surface area (Å²) in [6.07, 6.45) is 6.89. The Labute approximate surface area is 249 Å². The van der Waals surface area contributed by atoms with Crippen molar-refractivity contribution in [2.45, 2.75) is 57.2 Å². The molecule has 1 aliphatic rings. The second-order valence-corrected chi connectivity index (χ2v) is 10.4. The quantitative estimate of drug-likeness (QED) is 0.258. The number of ether oxygens (including phenoxy) is 2. The lowest BCUT2D eigenvalue weighted by molar-refractivity contribution is -0.142. The Morgan fingerprint density at radius 2 is 1.86 bits per heavy atom. The zero-order valence-corrected chi connectivity index (χ0v) is 24.2. The molecule has 1 saturated carbocycles. The molecule has 1 N–H and O–H groups in total. The maximum absolute atomic E-state index is 14.3. The van der Waals surface area contributed by atoms with Gasteiger partial charge in [0, 0.05) is 12.6 Å². The van der Waals surface area contributed by atoms with Gasteiger partial charge in [-0.05, 0) is 66.4 Å². The van der Waals surface area contributed by atoms with Gasteiger partial charge in [0.2, 0.25) is 11.7 Å². The Balaban J connectivity index is 1.43. The molecule has 2 aromatic heterocycles. The van der Waals surface area contributed by atoms with Crippen molar-refractivity contribution in [3.63, 3.8) is 0 Å². The van der Waals surface area contributed by atoms with E-state index >= 15 is 0 Å². The lowest BCUT2D eigenvalue weighted by Gasteiger charge is -2.32. The van der Waals surface area contributed by atoms with Crippen molar-refractivity contribution in [1.82, 2.24) is 30.4 Å². The number of methoxy groups -OCH3 is 2. The Morgan fingerprint density at radius 1 is 1.07 bits per heavy atom. The maximum Gasteiger partial charge on any atom is 0.250 e. The number of aromatic nitrogens is 4. The first kappa shape index (κ1) is 29.7. The Bertz CT molecular complexity index is 1520. The molecule has 2 aromatic carbocycles. The lowest BCUT2D eigenvalue weighted by atomic mass is 9.95. The average Bonchev–Trinajstić information content (AvgIpc) is 3.72. The molecule has 2 amide bonds. The summed E-state index contributed by atoms with van der Waals surface area (Å²) in [7, 11) is 3.12.